The van der Waals surface area contributed by atoms with E-state index in [1.54, 1.807) is 0 Å². The Labute approximate surface area is 485 Å². The molecule has 3 aromatic rings. The predicted octanol–water partition coefficient (Wildman–Crippen LogP) is -5.50. The third-order valence-electron chi connectivity index (χ3n) is 15.3. The number of hydrogen-bond donors (Lipinski definition) is 19. The second kappa shape index (κ2) is 26.3. The smallest absolute Gasteiger partial charge is 0.330 e. The maximum atomic E-state index is 14.8. The minimum atomic E-state index is -2.24. The number of Topliss-reactive ketones (excluding diaryl/α,β-unsaturated/α-hetero) is 1. The Morgan fingerprint density at radius 3 is 1.79 bits per heavy atom. The lowest BCUT2D eigenvalue weighted by molar-refractivity contribution is -0.390. The summed E-state index contributed by atoms with van der Waals surface area (Å²) in [6.07, 6.45) is -43.1. The highest BCUT2D eigenvalue weighted by Gasteiger charge is 2.55. The fourth-order valence-electron chi connectivity index (χ4n) is 10.4. The van der Waals surface area contributed by atoms with Gasteiger partial charge in [0.05, 0.1) is 31.0 Å². The highest BCUT2D eigenvalue weighted by Crippen LogP contribution is 2.46. The molecule has 0 saturated carbocycles. The molecule has 9 rings (SSSR count). The van der Waals surface area contributed by atoms with E-state index in [0.717, 1.165) is 42.5 Å². The van der Waals surface area contributed by atoms with E-state index in [1.807, 2.05) is 0 Å². The van der Waals surface area contributed by atoms with Crippen molar-refractivity contribution in [3.05, 3.63) is 76.6 Å². The average molecular weight is 1230 g/mol. The van der Waals surface area contributed by atoms with Crippen molar-refractivity contribution in [2.45, 2.75) is 168 Å². The lowest BCUT2D eigenvalue weighted by atomic mass is 9.85. The van der Waals surface area contributed by atoms with Crippen LogP contribution in [0.15, 0.2) is 54.3 Å². The van der Waals surface area contributed by atoms with Crippen LogP contribution in [0, 0.1) is 0 Å². The van der Waals surface area contributed by atoms with Crippen molar-refractivity contribution in [1.29, 1.82) is 0 Å². The van der Waals surface area contributed by atoms with E-state index in [-0.39, 0.29) is 22.3 Å². The van der Waals surface area contributed by atoms with Gasteiger partial charge in [-0.05, 0) is 66.9 Å². The van der Waals surface area contributed by atoms with Gasteiger partial charge in [0.2, 0.25) is 24.1 Å². The Morgan fingerprint density at radius 1 is 0.558 bits per heavy atom. The molecule has 0 amide bonds. The number of aliphatic hydroxyl groups is 13. The number of carbonyl (C=O) groups is 2. The molecule has 5 fully saturated rings. The molecular weight excluding hydrogens is 1160 g/mol. The van der Waals surface area contributed by atoms with Gasteiger partial charge in [-0.1, -0.05) is 6.07 Å². The van der Waals surface area contributed by atoms with Crippen molar-refractivity contribution in [3.63, 3.8) is 0 Å². The lowest BCUT2D eigenvalue weighted by Gasteiger charge is -2.48. The number of hydrogen-bond acceptors (Lipinski definition) is 32. The highest BCUT2D eigenvalue weighted by atomic mass is 16.8. The van der Waals surface area contributed by atoms with Gasteiger partial charge in [-0.15, -0.1) is 0 Å². The SMILES string of the molecule is C[C@@H]1O[C@@H](O[C@@H]2CO[C@@H](Oc3c(O)cc(C4=C(O[C@@H]5O[C@@H](C)[C@H](O)[C@@H](O)[C@H]5O[C@@H]5O[C@H](COC(=O)/C=C/c6ccc(O)c(O)c6)[C@@H](O)[C@H](O)[C@H]5O[C@@H]5O[C@H](CO)[C@@H](O)[C@H](O)[C@H]5O)C(=O)c5c(O)cc(O)cc5C4)cc3O)[C@H](O)[C@H]2O)[C@H](O)[C@H](O)[C@H]1O. The van der Waals surface area contributed by atoms with Gasteiger partial charge in [0.1, 0.15) is 116 Å². The third-order valence-corrected chi connectivity index (χ3v) is 15.3. The molecule has 0 radical (unpaired) electrons. The number of phenolic OH excluding ortho intramolecular Hbond substituents is 6. The zero-order chi connectivity index (χ0) is 62.5. The van der Waals surface area contributed by atoms with Crippen LogP contribution in [0.1, 0.15) is 40.9 Å². The summed E-state index contributed by atoms with van der Waals surface area (Å²) in [5.74, 6) is -7.86. The van der Waals surface area contributed by atoms with E-state index in [4.69, 9.17) is 52.1 Å². The number of rotatable bonds is 16. The van der Waals surface area contributed by atoms with Crippen molar-refractivity contribution in [2.24, 2.45) is 0 Å². The molecule has 6 aliphatic rings. The Morgan fingerprint density at radius 2 is 1.13 bits per heavy atom. The van der Waals surface area contributed by atoms with Gasteiger partial charge >= 0.3 is 5.97 Å². The summed E-state index contributed by atoms with van der Waals surface area (Å²) in [6, 6.07) is 7.38. The van der Waals surface area contributed by atoms with E-state index in [0.29, 0.717) is 0 Å². The van der Waals surface area contributed by atoms with Gasteiger partial charge < -0.3 is 149 Å². The lowest BCUT2D eigenvalue weighted by Crippen LogP contribution is -2.66. The van der Waals surface area contributed by atoms with Crippen LogP contribution in [0.25, 0.3) is 11.6 Å². The van der Waals surface area contributed by atoms with Crippen LogP contribution in [0.2, 0.25) is 0 Å². The number of ether oxygens (including phenoxy) is 11. The molecule has 86 heavy (non-hydrogen) atoms. The monoisotopic (exact) mass is 1230 g/mol. The number of ketones is 1. The first-order valence-electron chi connectivity index (χ1n) is 26.7. The zero-order valence-electron chi connectivity index (χ0n) is 45.2. The molecule has 3 aromatic carbocycles. The van der Waals surface area contributed by atoms with E-state index in [2.05, 4.69) is 0 Å². The second-order valence-electron chi connectivity index (χ2n) is 21.3. The Bertz CT molecular complexity index is 2950. The van der Waals surface area contributed by atoms with Crippen LogP contribution in [-0.4, -0.2) is 276 Å². The van der Waals surface area contributed by atoms with E-state index >= 15 is 0 Å². The van der Waals surface area contributed by atoms with Crippen molar-refractivity contribution in [1.82, 2.24) is 0 Å². The maximum Gasteiger partial charge on any atom is 0.330 e. The molecule has 32 nitrogen and oxygen atoms in total. The molecule has 5 aliphatic heterocycles. The van der Waals surface area contributed by atoms with Crippen molar-refractivity contribution in [2.75, 3.05) is 19.8 Å². The molecule has 0 spiro atoms. The van der Waals surface area contributed by atoms with Crippen LogP contribution in [0.5, 0.6) is 40.2 Å². The van der Waals surface area contributed by atoms with Crippen LogP contribution in [0.3, 0.4) is 0 Å². The summed E-state index contributed by atoms with van der Waals surface area (Å²) in [5, 5.41) is 205. The van der Waals surface area contributed by atoms with Gasteiger partial charge in [-0.2, -0.15) is 0 Å². The first kappa shape index (κ1) is 64.3. The van der Waals surface area contributed by atoms with Crippen LogP contribution in [-0.2, 0) is 58.6 Å². The van der Waals surface area contributed by atoms with Gasteiger partial charge in [0, 0.05) is 24.1 Å². The van der Waals surface area contributed by atoms with Crippen LogP contribution < -0.4 is 4.74 Å². The number of carbonyl (C=O) groups excluding carboxylic acids is 2. The molecule has 24 atom stereocenters. The average Bonchev–Trinajstić information content (AvgIpc) is 0.976. The summed E-state index contributed by atoms with van der Waals surface area (Å²) in [4.78, 5) is 27.7. The van der Waals surface area contributed by atoms with E-state index < -0.39 is 237 Å². The molecule has 5 heterocycles. The number of esters is 1. The summed E-state index contributed by atoms with van der Waals surface area (Å²) in [7, 11) is 0. The summed E-state index contributed by atoms with van der Waals surface area (Å²) in [5.41, 5.74) is -0.799. The number of phenols is 6. The van der Waals surface area contributed by atoms with E-state index in [1.165, 1.54) is 26.0 Å². The Hall–Kier alpha value is -6.16. The highest BCUT2D eigenvalue weighted by molar-refractivity contribution is 6.16. The summed E-state index contributed by atoms with van der Waals surface area (Å²) >= 11 is 0. The van der Waals surface area contributed by atoms with Gasteiger partial charge in [0.25, 0.3) is 0 Å². The van der Waals surface area contributed by atoms with Gasteiger partial charge in [-0.25, -0.2) is 4.79 Å². The fourth-order valence-corrected chi connectivity index (χ4v) is 10.4. The Kier molecular flexibility index (Phi) is 19.6. The minimum absolute atomic E-state index is 0.0515. The first-order chi connectivity index (χ1) is 40.7. The van der Waals surface area contributed by atoms with Crippen molar-refractivity contribution in [3.8, 4) is 40.2 Å². The number of allylic oxidation sites excluding steroid dienone is 2. The summed E-state index contributed by atoms with van der Waals surface area (Å²) in [6.45, 7) is 0.223. The number of aromatic hydroxyl groups is 6. The zero-order valence-corrected chi connectivity index (χ0v) is 45.2. The third kappa shape index (κ3) is 13.0. The number of fused-ring (bicyclic) bond motifs is 1. The Balaban J connectivity index is 1.01. The van der Waals surface area contributed by atoms with Gasteiger partial charge in [-0.3, -0.25) is 4.79 Å². The maximum absolute atomic E-state index is 14.8. The van der Waals surface area contributed by atoms with Crippen LogP contribution >= 0.6 is 0 Å². The molecule has 0 aromatic heterocycles. The molecule has 19 N–H and O–H groups in total. The van der Waals surface area contributed by atoms with Crippen LogP contribution in [0.4, 0.5) is 0 Å². The predicted molar refractivity (Wildman–Crippen MR) is 275 cm³/mol. The fraction of sp³-hybridized carbons (Fsp3) is 0.556. The molecule has 32 heteroatoms. The summed E-state index contributed by atoms with van der Waals surface area (Å²) < 4.78 is 63.2. The molecular formula is C54H66O32. The largest absolute Gasteiger partial charge is 0.508 e. The molecule has 0 unspecified atom stereocenters. The quantitative estimate of drug-likeness (QED) is 0.0361. The van der Waals surface area contributed by atoms with E-state index in [9.17, 15) is 107 Å². The topological polar surface area (TPSA) is 520 Å². The molecule has 5 saturated heterocycles. The van der Waals surface area contributed by atoms with Gasteiger partial charge in [0.15, 0.2) is 53.7 Å². The number of aliphatic hydroxyl groups excluding tert-OH is 13. The molecule has 0 bridgehead atoms. The first-order valence-corrected chi connectivity index (χ1v) is 26.7. The second-order valence-corrected chi connectivity index (χ2v) is 21.3. The molecule has 1 aliphatic carbocycles. The van der Waals surface area contributed by atoms with Crippen molar-refractivity contribution < 1.29 is 159 Å². The standard InChI is InChI=1S/C54H66O32/c1-16-33(63)39(69)44(74)51(78-16)81-30-15-77-50(43(73)37(30)67)84-47-26(60)10-19(11-27(47)61)22-9-20-8-21(56)12-25(59)32(20)38(68)46(22)83-53-48(41(71)34(64)17(2)79-53)86-54-49(85-52-45(75)40(70)35(65)28(13-55)80-52)42(72)36(66)29(82-54)14-76-31(62)6-4-18-3-5-23(57)24(58)7-18/h3-8,10-12,16-17,28-30,33-37,39-45,48-61,63-67,69-75H,9,13-15H2,1-2H3/b6-4+/t16-,17-,28+,29+,30+,33-,34-,35+,36+,37-,39+,40-,41+,42-,43+,44+,45+,48+,49+,50-,51-,52-,53-,54-/m0/s1. The minimum Gasteiger partial charge on any atom is -0.508 e. The molecule has 474 valence electrons. The number of benzene rings is 3. The normalized spacial score (nSPS) is 38.6. The van der Waals surface area contributed by atoms with Crippen molar-refractivity contribution >= 4 is 23.4 Å².